The summed E-state index contributed by atoms with van der Waals surface area (Å²) in [5, 5.41) is 0.720. The van der Waals surface area contributed by atoms with E-state index in [1.54, 1.807) is 0 Å². The minimum Gasteiger partial charge on any atom is -0.352 e. The molecule has 0 amide bonds. The molecule has 0 aliphatic carbocycles. The van der Waals surface area contributed by atoms with E-state index in [0.29, 0.717) is 13.2 Å². The third-order valence-corrected chi connectivity index (χ3v) is 1.63. The van der Waals surface area contributed by atoms with Crippen LogP contribution in [0.25, 0.3) is 0 Å². The van der Waals surface area contributed by atoms with Crippen molar-refractivity contribution in [2.45, 2.75) is 19.6 Å². The Bertz CT molecular complexity index is 96.1. The van der Waals surface area contributed by atoms with Crippen LogP contribution in [0.5, 0.6) is 0 Å². The summed E-state index contributed by atoms with van der Waals surface area (Å²) in [5.41, 5.74) is 0. The summed E-state index contributed by atoms with van der Waals surface area (Å²) in [4.78, 5) is 0. The lowest BCUT2D eigenvalue weighted by molar-refractivity contribution is -0.121. The molecule has 0 radical (unpaired) electrons. The van der Waals surface area contributed by atoms with Gasteiger partial charge in [0, 0.05) is 6.61 Å². The van der Waals surface area contributed by atoms with Gasteiger partial charge >= 0.3 is 0 Å². The van der Waals surface area contributed by atoms with Crippen molar-refractivity contribution in [1.82, 2.24) is 0 Å². The van der Waals surface area contributed by atoms with Gasteiger partial charge < -0.3 is 9.47 Å². The summed E-state index contributed by atoms with van der Waals surface area (Å²) in [6, 6.07) is 0. The van der Waals surface area contributed by atoms with E-state index in [2.05, 4.69) is 22.5 Å². The number of hydrogen-bond donors (Lipinski definition) is 0. The Morgan fingerprint density at radius 1 is 1.55 bits per heavy atom. The number of alkyl halides is 1. The maximum atomic E-state index is 5.33. The summed E-state index contributed by atoms with van der Waals surface area (Å²) in [5.74, 6) is 0. The number of hydrogen-bond acceptors (Lipinski definition) is 2. The van der Waals surface area contributed by atoms with Gasteiger partial charge in [0.25, 0.3) is 0 Å². The van der Waals surface area contributed by atoms with Gasteiger partial charge in [0.05, 0.1) is 11.9 Å². The van der Waals surface area contributed by atoms with Crippen LogP contribution in [0.2, 0.25) is 0 Å². The van der Waals surface area contributed by atoms with Gasteiger partial charge in [0.15, 0.2) is 6.29 Å². The first-order valence-corrected chi connectivity index (χ1v) is 4.87. The highest BCUT2D eigenvalue weighted by atomic mass is 79.9. The van der Waals surface area contributed by atoms with Crippen LogP contribution in [-0.4, -0.2) is 24.8 Å². The molecule has 0 saturated carbocycles. The number of halogens is 1. The zero-order valence-electron chi connectivity index (χ0n) is 6.88. The summed E-state index contributed by atoms with van der Waals surface area (Å²) in [6.07, 6.45) is 2.59. The molecule has 1 unspecified atom stereocenters. The van der Waals surface area contributed by atoms with Crippen LogP contribution in [0.3, 0.4) is 0 Å². The standard InChI is InChI=1S/C8H15BrO2/c1-3-5-6-11-8(7-9)10-4-2/h3,8H,1,4-7H2,2H3. The van der Waals surface area contributed by atoms with Crippen molar-refractivity contribution in [3.63, 3.8) is 0 Å². The van der Waals surface area contributed by atoms with Gasteiger partial charge in [-0.05, 0) is 13.3 Å². The maximum absolute atomic E-state index is 5.33. The quantitative estimate of drug-likeness (QED) is 0.285. The zero-order chi connectivity index (χ0) is 8.53. The highest BCUT2D eigenvalue weighted by Crippen LogP contribution is 2.00. The molecule has 0 aromatic rings. The van der Waals surface area contributed by atoms with Crippen molar-refractivity contribution in [2.75, 3.05) is 18.5 Å². The normalized spacial score (nSPS) is 12.9. The van der Waals surface area contributed by atoms with E-state index in [4.69, 9.17) is 9.47 Å². The molecule has 0 aliphatic heterocycles. The third-order valence-electron chi connectivity index (χ3n) is 1.10. The van der Waals surface area contributed by atoms with Crippen molar-refractivity contribution in [2.24, 2.45) is 0 Å². The second kappa shape index (κ2) is 8.24. The van der Waals surface area contributed by atoms with Crippen LogP contribution in [0.15, 0.2) is 12.7 Å². The lowest BCUT2D eigenvalue weighted by Gasteiger charge is -2.13. The molecule has 0 saturated heterocycles. The Morgan fingerprint density at radius 3 is 2.73 bits per heavy atom. The van der Waals surface area contributed by atoms with Crippen LogP contribution in [-0.2, 0) is 9.47 Å². The fourth-order valence-corrected chi connectivity index (χ4v) is 0.980. The summed E-state index contributed by atoms with van der Waals surface area (Å²) in [7, 11) is 0. The topological polar surface area (TPSA) is 18.5 Å². The van der Waals surface area contributed by atoms with Gasteiger partial charge in [-0.2, -0.15) is 0 Å². The predicted molar refractivity (Wildman–Crippen MR) is 50.0 cm³/mol. The molecule has 2 nitrogen and oxygen atoms in total. The molecule has 1 atom stereocenters. The molecule has 0 fully saturated rings. The first-order valence-electron chi connectivity index (χ1n) is 3.75. The van der Waals surface area contributed by atoms with E-state index in [1.807, 2.05) is 13.0 Å². The molecular weight excluding hydrogens is 208 g/mol. The first kappa shape index (κ1) is 11.1. The first-order chi connectivity index (χ1) is 5.35. The van der Waals surface area contributed by atoms with Crippen molar-refractivity contribution >= 4 is 15.9 Å². The molecule has 66 valence electrons. The minimum atomic E-state index is -0.111. The van der Waals surface area contributed by atoms with E-state index in [1.165, 1.54) is 0 Å². The highest BCUT2D eigenvalue weighted by Gasteiger charge is 2.04. The Kier molecular flexibility index (Phi) is 8.34. The summed E-state index contributed by atoms with van der Waals surface area (Å²) in [6.45, 7) is 6.91. The minimum absolute atomic E-state index is 0.111. The SMILES string of the molecule is C=CCCOC(CBr)OCC. The van der Waals surface area contributed by atoms with Crippen molar-refractivity contribution in [3.8, 4) is 0 Å². The predicted octanol–water partition coefficient (Wildman–Crippen LogP) is 2.34. The van der Waals surface area contributed by atoms with Crippen molar-refractivity contribution in [3.05, 3.63) is 12.7 Å². The fraction of sp³-hybridized carbons (Fsp3) is 0.750. The van der Waals surface area contributed by atoms with Crippen LogP contribution in [0.4, 0.5) is 0 Å². The Labute approximate surface area is 76.7 Å². The van der Waals surface area contributed by atoms with Crippen LogP contribution >= 0.6 is 15.9 Å². The smallest absolute Gasteiger partial charge is 0.167 e. The third kappa shape index (κ3) is 6.53. The van der Waals surface area contributed by atoms with Gasteiger partial charge in [-0.3, -0.25) is 0 Å². The van der Waals surface area contributed by atoms with Crippen molar-refractivity contribution < 1.29 is 9.47 Å². The Balaban J connectivity index is 3.27. The number of rotatable bonds is 7. The highest BCUT2D eigenvalue weighted by molar-refractivity contribution is 9.09. The largest absolute Gasteiger partial charge is 0.352 e. The Morgan fingerprint density at radius 2 is 2.27 bits per heavy atom. The summed E-state index contributed by atoms with van der Waals surface area (Å²) >= 11 is 3.29. The maximum Gasteiger partial charge on any atom is 0.167 e. The van der Waals surface area contributed by atoms with E-state index in [9.17, 15) is 0 Å². The fourth-order valence-electron chi connectivity index (χ4n) is 0.606. The average molecular weight is 223 g/mol. The molecule has 11 heavy (non-hydrogen) atoms. The molecular formula is C8H15BrO2. The zero-order valence-corrected chi connectivity index (χ0v) is 8.47. The lowest BCUT2D eigenvalue weighted by atomic mass is 10.4. The van der Waals surface area contributed by atoms with Gasteiger partial charge in [0.2, 0.25) is 0 Å². The molecule has 3 heteroatoms. The monoisotopic (exact) mass is 222 g/mol. The van der Waals surface area contributed by atoms with E-state index in [-0.39, 0.29) is 6.29 Å². The second-order valence-corrected chi connectivity index (χ2v) is 2.63. The second-order valence-electron chi connectivity index (χ2n) is 1.99. The molecule has 0 aromatic heterocycles. The van der Waals surface area contributed by atoms with Crippen LogP contribution in [0, 0.1) is 0 Å². The number of ether oxygens (including phenoxy) is 2. The van der Waals surface area contributed by atoms with E-state index in [0.717, 1.165) is 11.8 Å². The molecule has 0 aromatic carbocycles. The van der Waals surface area contributed by atoms with Crippen molar-refractivity contribution in [1.29, 1.82) is 0 Å². The van der Waals surface area contributed by atoms with Gasteiger partial charge in [-0.15, -0.1) is 6.58 Å². The molecule has 0 rings (SSSR count). The van der Waals surface area contributed by atoms with E-state index < -0.39 is 0 Å². The Hall–Kier alpha value is 0.140. The van der Waals surface area contributed by atoms with Gasteiger partial charge in [-0.25, -0.2) is 0 Å². The van der Waals surface area contributed by atoms with Crippen LogP contribution < -0.4 is 0 Å². The van der Waals surface area contributed by atoms with Gasteiger partial charge in [0.1, 0.15) is 0 Å². The van der Waals surface area contributed by atoms with Crippen LogP contribution in [0.1, 0.15) is 13.3 Å². The molecule has 0 N–H and O–H groups in total. The average Bonchev–Trinajstić information content (AvgIpc) is 2.03. The summed E-state index contributed by atoms with van der Waals surface area (Å²) < 4.78 is 10.6. The molecule has 0 heterocycles. The lowest BCUT2D eigenvalue weighted by Crippen LogP contribution is -2.19. The van der Waals surface area contributed by atoms with E-state index >= 15 is 0 Å². The van der Waals surface area contributed by atoms with Gasteiger partial charge in [-0.1, -0.05) is 22.0 Å². The molecule has 0 spiro atoms. The molecule has 0 aliphatic rings. The molecule has 0 bridgehead atoms.